The zero-order valence-electron chi connectivity index (χ0n) is 15.8. The van der Waals surface area contributed by atoms with Crippen molar-refractivity contribution in [1.29, 1.82) is 0 Å². The molecule has 2 aromatic rings. The van der Waals surface area contributed by atoms with Gasteiger partial charge in [0.05, 0.1) is 7.11 Å². The van der Waals surface area contributed by atoms with Crippen LogP contribution in [0.15, 0.2) is 60.7 Å². The van der Waals surface area contributed by atoms with Crippen LogP contribution in [0.1, 0.15) is 27.1 Å². The van der Waals surface area contributed by atoms with Crippen LogP contribution in [0, 0.1) is 0 Å². The van der Waals surface area contributed by atoms with E-state index in [1.807, 2.05) is 0 Å². The van der Waals surface area contributed by atoms with Gasteiger partial charge in [0.15, 0.2) is 5.78 Å². The smallest absolute Gasteiger partial charge is 0.325 e. The Kier molecular flexibility index (Phi) is 7.45. The summed E-state index contributed by atoms with van der Waals surface area (Å²) in [5, 5.41) is 2.60. The first kappa shape index (κ1) is 20.8. The van der Waals surface area contributed by atoms with Crippen molar-refractivity contribution in [2.75, 3.05) is 20.7 Å². The molecule has 0 bridgehead atoms. The Morgan fingerprint density at radius 1 is 0.929 bits per heavy atom. The molecule has 0 aliphatic carbocycles. The highest BCUT2D eigenvalue weighted by molar-refractivity contribution is 6.02. The predicted molar refractivity (Wildman–Crippen MR) is 103 cm³/mol. The van der Waals surface area contributed by atoms with Crippen LogP contribution >= 0.6 is 0 Å². The minimum absolute atomic E-state index is 0.229. The van der Waals surface area contributed by atoms with Crippen molar-refractivity contribution in [3.05, 3.63) is 71.8 Å². The summed E-state index contributed by atoms with van der Waals surface area (Å²) in [6.07, 6.45) is -0.229. The number of ether oxygens (including phenoxy) is 1. The summed E-state index contributed by atoms with van der Waals surface area (Å²) in [5.41, 5.74) is 0.799. The topological polar surface area (TPSA) is 92.8 Å². The lowest BCUT2D eigenvalue weighted by Gasteiger charge is -2.23. The summed E-state index contributed by atoms with van der Waals surface area (Å²) in [6, 6.07) is 15.8. The van der Waals surface area contributed by atoms with Crippen molar-refractivity contribution in [3.8, 4) is 0 Å². The number of esters is 1. The maximum absolute atomic E-state index is 12.8. The van der Waals surface area contributed by atoms with E-state index in [2.05, 4.69) is 10.1 Å². The van der Waals surface area contributed by atoms with Crippen molar-refractivity contribution < 1.29 is 23.9 Å². The SMILES string of the molecule is COC(=O)CN(C)C(=O)[C@H](CC(=O)c1ccccc1)NC(=O)c1ccccc1. The monoisotopic (exact) mass is 382 g/mol. The molecule has 28 heavy (non-hydrogen) atoms. The van der Waals surface area contributed by atoms with Crippen LogP contribution in [0.2, 0.25) is 0 Å². The normalized spacial score (nSPS) is 11.2. The van der Waals surface area contributed by atoms with Gasteiger partial charge < -0.3 is 15.0 Å². The number of benzene rings is 2. The summed E-state index contributed by atoms with van der Waals surface area (Å²) in [7, 11) is 2.63. The standard InChI is InChI=1S/C21H22N2O5/c1-23(14-19(25)28-2)21(27)17(13-18(24)15-9-5-3-6-10-15)22-20(26)16-11-7-4-8-12-16/h3-12,17H,13-14H2,1-2H3,(H,22,26)/t17-/m0/s1. The van der Waals surface area contributed by atoms with Crippen LogP contribution in [0.3, 0.4) is 0 Å². The Labute approximate surface area is 163 Å². The third-order valence-electron chi connectivity index (χ3n) is 4.09. The molecule has 0 spiro atoms. The van der Waals surface area contributed by atoms with Crippen LogP contribution in [-0.2, 0) is 14.3 Å². The molecule has 146 valence electrons. The predicted octanol–water partition coefficient (Wildman–Crippen LogP) is 1.69. The number of nitrogens with one attached hydrogen (secondary N) is 1. The van der Waals surface area contributed by atoms with Crippen molar-refractivity contribution >= 4 is 23.6 Å². The Morgan fingerprint density at radius 3 is 2.00 bits per heavy atom. The van der Waals surface area contributed by atoms with Crippen molar-refractivity contribution in [3.63, 3.8) is 0 Å². The molecule has 1 N–H and O–H groups in total. The summed E-state index contributed by atoms with van der Waals surface area (Å²) in [6.45, 7) is -0.285. The van der Waals surface area contributed by atoms with Gasteiger partial charge in [0.25, 0.3) is 5.91 Å². The summed E-state index contributed by atoms with van der Waals surface area (Å²) < 4.78 is 4.56. The summed E-state index contributed by atoms with van der Waals surface area (Å²) in [4.78, 5) is 50.4. The number of hydrogen-bond acceptors (Lipinski definition) is 5. The van der Waals surface area contributed by atoms with E-state index in [1.54, 1.807) is 60.7 Å². The minimum Gasteiger partial charge on any atom is -0.468 e. The molecule has 1 atom stereocenters. The fourth-order valence-electron chi connectivity index (χ4n) is 2.56. The second-order valence-electron chi connectivity index (χ2n) is 6.16. The molecule has 0 heterocycles. The lowest BCUT2D eigenvalue weighted by molar-refractivity contribution is -0.146. The van der Waals surface area contributed by atoms with E-state index in [0.717, 1.165) is 4.90 Å². The zero-order chi connectivity index (χ0) is 20.5. The summed E-state index contributed by atoms with van der Waals surface area (Å²) >= 11 is 0. The molecule has 0 unspecified atom stereocenters. The molecule has 2 amide bonds. The van der Waals surface area contributed by atoms with E-state index in [9.17, 15) is 19.2 Å². The molecule has 0 aromatic heterocycles. The Morgan fingerprint density at radius 2 is 1.46 bits per heavy atom. The number of hydrogen-bond donors (Lipinski definition) is 1. The van der Waals surface area contributed by atoms with Gasteiger partial charge in [-0.15, -0.1) is 0 Å². The van der Waals surface area contributed by atoms with Crippen molar-refractivity contribution in [2.45, 2.75) is 12.5 Å². The first-order valence-corrected chi connectivity index (χ1v) is 8.68. The molecule has 0 aliphatic heterocycles. The first-order chi connectivity index (χ1) is 13.4. The van der Waals surface area contributed by atoms with Crippen LogP contribution in [0.4, 0.5) is 0 Å². The number of carbonyl (C=O) groups excluding carboxylic acids is 4. The van der Waals surface area contributed by atoms with Gasteiger partial charge in [-0.05, 0) is 12.1 Å². The Hall–Kier alpha value is -3.48. The number of methoxy groups -OCH3 is 1. The van der Waals surface area contributed by atoms with Gasteiger partial charge in [-0.3, -0.25) is 19.2 Å². The first-order valence-electron chi connectivity index (χ1n) is 8.68. The van der Waals surface area contributed by atoms with E-state index in [0.29, 0.717) is 11.1 Å². The molecule has 0 fully saturated rings. The van der Waals surface area contributed by atoms with Gasteiger partial charge in [0.1, 0.15) is 12.6 Å². The van der Waals surface area contributed by atoms with Crippen LogP contribution in [0.5, 0.6) is 0 Å². The number of Topliss-reactive ketones (excluding diaryl/α,β-unsaturated/α-hetero) is 1. The Balaban J connectivity index is 2.19. The second-order valence-corrected chi connectivity index (χ2v) is 6.16. The van der Waals surface area contributed by atoms with Gasteiger partial charge in [0.2, 0.25) is 5.91 Å². The molecule has 7 nitrogen and oxygen atoms in total. The fourth-order valence-corrected chi connectivity index (χ4v) is 2.56. The third kappa shape index (κ3) is 5.77. The molecular weight excluding hydrogens is 360 g/mol. The van der Waals surface area contributed by atoms with E-state index >= 15 is 0 Å². The number of ketones is 1. The number of nitrogens with zero attached hydrogens (tertiary/aromatic N) is 1. The van der Waals surface area contributed by atoms with E-state index in [4.69, 9.17) is 0 Å². The highest BCUT2D eigenvalue weighted by Gasteiger charge is 2.28. The van der Waals surface area contributed by atoms with Crippen LogP contribution in [-0.4, -0.2) is 55.2 Å². The minimum atomic E-state index is -1.12. The molecule has 2 rings (SSSR count). The number of amides is 2. The molecule has 0 saturated heterocycles. The largest absolute Gasteiger partial charge is 0.468 e. The fraction of sp³-hybridized carbons (Fsp3) is 0.238. The van der Waals surface area contributed by atoms with Gasteiger partial charge in [-0.1, -0.05) is 48.5 Å². The van der Waals surface area contributed by atoms with Crippen LogP contribution < -0.4 is 5.32 Å². The van der Waals surface area contributed by atoms with E-state index in [-0.39, 0.29) is 18.7 Å². The lowest BCUT2D eigenvalue weighted by Crippen LogP contribution is -2.49. The maximum Gasteiger partial charge on any atom is 0.325 e. The van der Waals surface area contributed by atoms with Crippen LogP contribution in [0.25, 0.3) is 0 Å². The van der Waals surface area contributed by atoms with Gasteiger partial charge in [-0.2, -0.15) is 0 Å². The highest BCUT2D eigenvalue weighted by atomic mass is 16.5. The van der Waals surface area contributed by atoms with Crippen molar-refractivity contribution in [1.82, 2.24) is 10.2 Å². The molecule has 2 aromatic carbocycles. The quantitative estimate of drug-likeness (QED) is 0.554. The van der Waals surface area contributed by atoms with Gasteiger partial charge in [-0.25, -0.2) is 0 Å². The number of rotatable bonds is 8. The molecule has 0 saturated carbocycles. The molecule has 0 aliphatic rings. The van der Waals surface area contributed by atoms with Gasteiger partial charge >= 0.3 is 5.97 Å². The summed E-state index contributed by atoms with van der Waals surface area (Å²) in [5.74, 6) is -1.93. The molecule has 0 radical (unpaired) electrons. The van der Waals surface area contributed by atoms with Gasteiger partial charge in [0, 0.05) is 24.6 Å². The second kappa shape index (κ2) is 10.0. The van der Waals surface area contributed by atoms with Crippen molar-refractivity contribution in [2.24, 2.45) is 0 Å². The highest BCUT2D eigenvalue weighted by Crippen LogP contribution is 2.09. The van der Waals surface area contributed by atoms with E-state index in [1.165, 1.54) is 14.2 Å². The Bertz CT molecular complexity index is 783. The third-order valence-corrected chi connectivity index (χ3v) is 4.09. The molecular formula is C21H22N2O5. The molecule has 7 heteroatoms. The average molecular weight is 382 g/mol. The number of likely N-dealkylation sites (N-methyl/N-ethyl adjacent to an activating group) is 1. The maximum atomic E-state index is 12.8. The number of carbonyl (C=O) groups is 4. The zero-order valence-corrected chi connectivity index (χ0v) is 15.8. The van der Waals surface area contributed by atoms with E-state index < -0.39 is 23.8 Å². The lowest BCUT2D eigenvalue weighted by atomic mass is 10.0. The average Bonchev–Trinajstić information content (AvgIpc) is 2.73.